The van der Waals surface area contributed by atoms with Crippen LogP contribution in [0, 0.1) is 0 Å². The molecule has 0 aliphatic rings. The minimum atomic E-state index is -0.685. The molecule has 1 amide bonds. The summed E-state index contributed by atoms with van der Waals surface area (Å²) >= 11 is 0. The molecule has 1 heterocycles. The summed E-state index contributed by atoms with van der Waals surface area (Å²) in [5.41, 5.74) is -0.122. The molecule has 1 aromatic carbocycles. The Labute approximate surface area is 122 Å². The van der Waals surface area contributed by atoms with Crippen LogP contribution in [0.15, 0.2) is 33.9 Å². The van der Waals surface area contributed by atoms with E-state index in [0.29, 0.717) is 11.0 Å². The number of aromatic nitrogens is 2. The van der Waals surface area contributed by atoms with Crippen molar-refractivity contribution in [2.45, 2.75) is 32.9 Å². The molecule has 21 heavy (non-hydrogen) atoms. The second-order valence-corrected chi connectivity index (χ2v) is 5.12. The highest BCUT2D eigenvalue weighted by Crippen LogP contribution is 2.09. The summed E-state index contributed by atoms with van der Waals surface area (Å²) in [7, 11) is 1.55. The summed E-state index contributed by atoms with van der Waals surface area (Å²) < 4.78 is 2.54. The first-order valence-electron chi connectivity index (χ1n) is 6.93. The first-order chi connectivity index (χ1) is 9.95. The highest BCUT2D eigenvalue weighted by Gasteiger charge is 2.14. The Balaban J connectivity index is 2.52. The van der Waals surface area contributed by atoms with Gasteiger partial charge in [0.15, 0.2) is 0 Å². The number of hydrogen-bond donors (Lipinski definition) is 1. The van der Waals surface area contributed by atoms with E-state index < -0.39 is 11.1 Å². The molecule has 0 unspecified atom stereocenters. The number of carbonyl (C=O) groups is 1. The minimum Gasteiger partial charge on any atom is -0.352 e. The smallest absolute Gasteiger partial charge is 0.317 e. The summed E-state index contributed by atoms with van der Waals surface area (Å²) in [6.07, 6.45) is 0.804. The average molecular weight is 289 g/mol. The molecule has 0 bridgehead atoms. The van der Waals surface area contributed by atoms with Crippen LogP contribution in [0.3, 0.4) is 0 Å². The molecule has 0 saturated carbocycles. The van der Waals surface area contributed by atoms with E-state index in [0.717, 1.165) is 6.42 Å². The summed E-state index contributed by atoms with van der Waals surface area (Å²) in [5.74, 6) is -0.273. The van der Waals surface area contributed by atoms with Crippen molar-refractivity contribution in [3.63, 3.8) is 0 Å². The zero-order valence-corrected chi connectivity index (χ0v) is 12.4. The Morgan fingerprint density at radius 2 is 1.81 bits per heavy atom. The number of carbonyl (C=O) groups excluding carboxylic acids is 1. The summed E-state index contributed by atoms with van der Waals surface area (Å²) in [6.45, 7) is 3.70. The number of aryl methyl sites for hydroxylation is 1. The molecule has 0 aliphatic carbocycles. The van der Waals surface area contributed by atoms with E-state index in [4.69, 9.17) is 0 Å². The van der Waals surface area contributed by atoms with E-state index in [9.17, 15) is 14.4 Å². The van der Waals surface area contributed by atoms with Gasteiger partial charge in [0.1, 0.15) is 6.54 Å². The van der Waals surface area contributed by atoms with Gasteiger partial charge in [0, 0.05) is 13.1 Å². The molecular weight excluding hydrogens is 270 g/mol. The lowest BCUT2D eigenvalue weighted by Crippen LogP contribution is -2.44. The van der Waals surface area contributed by atoms with Gasteiger partial charge in [0.05, 0.1) is 11.0 Å². The number of fused-ring (bicyclic) bond motifs is 1. The van der Waals surface area contributed by atoms with Crippen molar-refractivity contribution in [3.8, 4) is 0 Å². The molecule has 1 atom stereocenters. The first kappa shape index (κ1) is 15.0. The molecule has 2 aromatic rings. The molecule has 1 N–H and O–H groups in total. The Kier molecular flexibility index (Phi) is 4.26. The van der Waals surface area contributed by atoms with Crippen LogP contribution >= 0.6 is 0 Å². The van der Waals surface area contributed by atoms with Gasteiger partial charge in [-0.25, -0.2) is 0 Å². The molecule has 112 valence electrons. The van der Waals surface area contributed by atoms with E-state index in [1.54, 1.807) is 31.3 Å². The molecule has 6 heteroatoms. The molecule has 0 saturated heterocycles. The lowest BCUT2D eigenvalue weighted by atomic mass is 10.2. The van der Waals surface area contributed by atoms with E-state index in [2.05, 4.69) is 5.32 Å². The molecule has 2 rings (SSSR count). The number of rotatable bonds is 4. The van der Waals surface area contributed by atoms with Gasteiger partial charge in [-0.2, -0.15) is 0 Å². The number of nitrogens with zero attached hydrogens (tertiary/aromatic N) is 2. The van der Waals surface area contributed by atoms with Gasteiger partial charge in [-0.05, 0) is 25.5 Å². The van der Waals surface area contributed by atoms with E-state index in [1.165, 1.54) is 9.13 Å². The van der Waals surface area contributed by atoms with Gasteiger partial charge in [-0.15, -0.1) is 0 Å². The van der Waals surface area contributed by atoms with E-state index in [1.807, 2.05) is 13.8 Å². The Bertz CT molecular complexity index is 789. The summed E-state index contributed by atoms with van der Waals surface area (Å²) in [5, 5.41) is 2.80. The summed E-state index contributed by atoms with van der Waals surface area (Å²) in [4.78, 5) is 36.1. The van der Waals surface area contributed by atoms with Crippen LogP contribution in [-0.2, 0) is 18.4 Å². The van der Waals surface area contributed by atoms with Crippen molar-refractivity contribution in [1.82, 2.24) is 14.5 Å². The van der Waals surface area contributed by atoms with Crippen LogP contribution in [0.1, 0.15) is 20.3 Å². The number of amides is 1. The average Bonchev–Trinajstić information content (AvgIpc) is 2.49. The van der Waals surface area contributed by atoms with Crippen LogP contribution in [-0.4, -0.2) is 21.1 Å². The fraction of sp³-hybridized carbons (Fsp3) is 0.400. The maximum absolute atomic E-state index is 12.1. The third-order valence-electron chi connectivity index (χ3n) is 3.59. The van der Waals surface area contributed by atoms with Crippen molar-refractivity contribution in [3.05, 3.63) is 45.0 Å². The Hall–Kier alpha value is -2.37. The van der Waals surface area contributed by atoms with Gasteiger partial charge in [0.25, 0.3) is 0 Å². The third-order valence-corrected chi connectivity index (χ3v) is 3.59. The fourth-order valence-corrected chi connectivity index (χ4v) is 2.18. The highest BCUT2D eigenvalue weighted by atomic mass is 16.2. The predicted molar refractivity (Wildman–Crippen MR) is 81.3 cm³/mol. The zero-order valence-electron chi connectivity index (χ0n) is 12.4. The lowest BCUT2D eigenvalue weighted by molar-refractivity contribution is -0.122. The largest absolute Gasteiger partial charge is 0.352 e. The van der Waals surface area contributed by atoms with Gasteiger partial charge < -0.3 is 9.88 Å². The number of nitrogens with one attached hydrogen (secondary N) is 1. The zero-order chi connectivity index (χ0) is 15.6. The molecule has 0 fully saturated rings. The number of benzene rings is 1. The molecule has 6 nitrogen and oxygen atoms in total. The van der Waals surface area contributed by atoms with Crippen LogP contribution in [0.4, 0.5) is 0 Å². The first-order valence-corrected chi connectivity index (χ1v) is 6.93. The molecule has 1 aromatic heterocycles. The van der Waals surface area contributed by atoms with Crippen LogP contribution in [0.25, 0.3) is 11.0 Å². The normalized spacial score (nSPS) is 12.3. The predicted octanol–water partition coefficient (Wildman–Crippen LogP) is 0.615. The van der Waals surface area contributed by atoms with Crippen molar-refractivity contribution < 1.29 is 4.79 Å². The maximum Gasteiger partial charge on any atom is 0.317 e. The maximum atomic E-state index is 12.1. The summed E-state index contributed by atoms with van der Waals surface area (Å²) in [6, 6.07) is 7.07. The molecule has 0 aliphatic heterocycles. The highest BCUT2D eigenvalue weighted by molar-refractivity contribution is 5.80. The standard InChI is InChI=1S/C15H19N3O3/c1-4-10(2)16-13(19)9-18-12-8-6-5-7-11(12)17(3)14(20)15(18)21/h5-8,10H,4,9H2,1-3H3,(H,16,19)/t10-/m0/s1. The third kappa shape index (κ3) is 2.89. The fourth-order valence-electron chi connectivity index (χ4n) is 2.18. The number of para-hydroxylation sites is 2. The topological polar surface area (TPSA) is 73.1 Å². The second kappa shape index (κ2) is 5.95. The van der Waals surface area contributed by atoms with Gasteiger partial charge in [-0.3, -0.25) is 19.0 Å². The van der Waals surface area contributed by atoms with Gasteiger partial charge in [0.2, 0.25) is 5.91 Å². The molecular formula is C15H19N3O3. The number of hydrogen-bond acceptors (Lipinski definition) is 3. The van der Waals surface area contributed by atoms with Crippen LogP contribution < -0.4 is 16.4 Å². The van der Waals surface area contributed by atoms with Gasteiger partial charge >= 0.3 is 11.1 Å². The van der Waals surface area contributed by atoms with Crippen molar-refractivity contribution in [2.24, 2.45) is 7.05 Å². The van der Waals surface area contributed by atoms with Crippen molar-refractivity contribution in [2.75, 3.05) is 0 Å². The molecule has 0 spiro atoms. The second-order valence-electron chi connectivity index (χ2n) is 5.12. The van der Waals surface area contributed by atoms with Crippen molar-refractivity contribution >= 4 is 16.9 Å². The Morgan fingerprint density at radius 1 is 1.19 bits per heavy atom. The minimum absolute atomic E-state index is 0.0333. The SMILES string of the molecule is CC[C@H](C)NC(=O)Cn1c(=O)c(=O)n(C)c2ccccc21. The van der Waals surface area contributed by atoms with Crippen molar-refractivity contribution in [1.29, 1.82) is 0 Å². The van der Waals surface area contributed by atoms with Crippen LogP contribution in [0.2, 0.25) is 0 Å². The quantitative estimate of drug-likeness (QED) is 0.838. The van der Waals surface area contributed by atoms with E-state index in [-0.39, 0.29) is 18.5 Å². The van der Waals surface area contributed by atoms with E-state index >= 15 is 0 Å². The monoisotopic (exact) mass is 289 g/mol. The Morgan fingerprint density at radius 3 is 2.43 bits per heavy atom. The van der Waals surface area contributed by atoms with Crippen LogP contribution in [0.5, 0.6) is 0 Å². The van der Waals surface area contributed by atoms with Gasteiger partial charge in [-0.1, -0.05) is 19.1 Å². The lowest BCUT2D eigenvalue weighted by Gasteiger charge is -2.14. The molecule has 0 radical (unpaired) electrons.